The van der Waals surface area contributed by atoms with Gasteiger partial charge in [0.2, 0.25) is 0 Å². The fourth-order valence-corrected chi connectivity index (χ4v) is 2.27. The number of halogens is 3. The van der Waals surface area contributed by atoms with E-state index in [1.54, 1.807) is 11.5 Å². The lowest BCUT2D eigenvalue weighted by Crippen LogP contribution is -2.23. The third-order valence-electron chi connectivity index (χ3n) is 2.48. The Labute approximate surface area is 133 Å². The lowest BCUT2D eigenvalue weighted by molar-refractivity contribution is -0.274. The quantitative estimate of drug-likeness (QED) is 0.785. The Morgan fingerprint density at radius 3 is 2.65 bits per heavy atom. The van der Waals surface area contributed by atoms with Gasteiger partial charge in [0.15, 0.2) is 5.13 Å². The molecule has 1 aromatic heterocycles. The Morgan fingerprint density at radius 2 is 2.04 bits per heavy atom. The Balaban J connectivity index is 1.98. The number of carbonyl (C=O) groups is 1. The second-order valence-electron chi connectivity index (χ2n) is 4.23. The standard InChI is InChI=1S/C14H12F3N3O2S/c1-2-7-18-12(21)11-8-23-13(20-11)19-9-3-5-10(6-4-9)22-14(15,16)17/h2-6,8H,1,7H2,(H,18,21)(H,19,20). The maximum atomic E-state index is 12.1. The molecule has 0 unspecified atom stereocenters. The molecule has 2 N–H and O–H groups in total. The van der Waals surface area contributed by atoms with Crippen molar-refractivity contribution in [2.75, 3.05) is 11.9 Å². The molecular weight excluding hydrogens is 331 g/mol. The van der Waals surface area contributed by atoms with Gasteiger partial charge >= 0.3 is 6.36 Å². The molecule has 0 radical (unpaired) electrons. The molecule has 0 bridgehead atoms. The van der Waals surface area contributed by atoms with Crippen LogP contribution >= 0.6 is 11.3 Å². The van der Waals surface area contributed by atoms with E-state index in [0.29, 0.717) is 17.4 Å². The van der Waals surface area contributed by atoms with E-state index in [2.05, 4.69) is 26.9 Å². The van der Waals surface area contributed by atoms with E-state index < -0.39 is 6.36 Å². The summed E-state index contributed by atoms with van der Waals surface area (Å²) in [5.41, 5.74) is 0.767. The zero-order chi connectivity index (χ0) is 16.9. The molecule has 0 fully saturated rings. The van der Waals surface area contributed by atoms with Crippen LogP contribution in [0.25, 0.3) is 0 Å². The number of nitrogens with one attached hydrogen (secondary N) is 2. The molecule has 1 heterocycles. The van der Waals surface area contributed by atoms with Crippen LogP contribution < -0.4 is 15.4 Å². The molecule has 5 nitrogen and oxygen atoms in total. The van der Waals surface area contributed by atoms with Gasteiger partial charge in [-0.2, -0.15) is 0 Å². The number of thiazole rings is 1. The SMILES string of the molecule is C=CCNC(=O)c1csc(Nc2ccc(OC(F)(F)F)cc2)n1. The van der Waals surface area contributed by atoms with Crippen LogP contribution in [-0.2, 0) is 0 Å². The number of ether oxygens (including phenoxy) is 1. The van der Waals surface area contributed by atoms with Crippen LogP contribution in [0.2, 0.25) is 0 Å². The largest absolute Gasteiger partial charge is 0.573 e. The highest BCUT2D eigenvalue weighted by atomic mass is 32.1. The van der Waals surface area contributed by atoms with Crippen LogP contribution in [0.5, 0.6) is 5.75 Å². The van der Waals surface area contributed by atoms with E-state index in [0.717, 1.165) is 0 Å². The minimum Gasteiger partial charge on any atom is -0.406 e. The second-order valence-corrected chi connectivity index (χ2v) is 5.09. The van der Waals surface area contributed by atoms with Crippen molar-refractivity contribution < 1.29 is 22.7 Å². The summed E-state index contributed by atoms with van der Waals surface area (Å²) < 4.78 is 40.0. The van der Waals surface area contributed by atoms with Gasteiger partial charge < -0.3 is 15.4 Å². The number of benzene rings is 1. The van der Waals surface area contributed by atoms with Gasteiger partial charge in [0, 0.05) is 17.6 Å². The highest BCUT2D eigenvalue weighted by Crippen LogP contribution is 2.26. The summed E-state index contributed by atoms with van der Waals surface area (Å²) in [6, 6.07) is 5.20. The topological polar surface area (TPSA) is 63.2 Å². The molecule has 0 aliphatic carbocycles. The minimum absolute atomic E-state index is 0.247. The molecule has 2 rings (SSSR count). The molecule has 2 aromatic rings. The molecular formula is C14H12F3N3O2S. The number of alkyl halides is 3. The third-order valence-corrected chi connectivity index (χ3v) is 3.24. The van der Waals surface area contributed by atoms with E-state index in [9.17, 15) is 18.0 Å². The van der Waals surface area contributed by atoms with Crippen molar-refractivity contribution in [2.45, 2.75) is 6.36 Å². The Hall–Kier alpha value is -2.55. The van der Waals surface area contributed by atoms with Gasteiger partial charge in [-0.1, -0.05) is 6.08 Å². The first kappa shape index (κ1) is 16.8. The summed E-state index contributed by atoms with van der Waals surface area (Å²) in [6.45, 7) is 3.82. The molecule has 0 saturated heterocycles. The van der Waals surface area contributed by atoms with Crippen molar-refractivity contribution in [3.8, 4) is 5.75 Å². The van der Waals surface area contributed by atoms with Crippen LogP contribution in [0.3, 0.4) is 0 Å². The monoisotopic (exact) mass is 343 g/mol. The first-order chi connectivity index (χ1) is 10.9. The molecule has 1 amide bonds. The van der Waals surface area contributed by atoms with Crippen molar-refractivity contribution in [3.63, 3.8) is 0 Å². The van der Waals surface area contributed by atoms with E-state index in [1.807, 2.05) is 0 Å². The summed E-state index contributed by atoms with van der Waals surface area (Å²) in [5, 5.41) is 7.50. The average Bonchev–Trinajstić information content (AvgIpc) is 2.94. The summed E-state index contributed by atoms with van der Waals surface area (Å²) in [4.78, 5) is 15.8. The molecule has 1 aromatic carbocycles. The molecule has 0 saturated carbocycles. The first-order valence-corrected chi connectivity index (χ1v) is 7.23. The van der Waals surface area contributed by atoms with Crippen LogP contribution in [0.1, 0.15) is 10.5 Å². The van der Waals surface area contributed by atoms with Gasteiger partial charge in [0.05, 0.1) is 0 Å². The molecule has 23 heavy (non-hydrogen) atoms. The van der Waals surface area contributed by atoms with Crippen molar-refractivity contribution in [1.29, 1.82) is 0 Å². The second kappa shape index (κ2) is 7.14. The number of amides is 1. The molecule has 9 heteroatoms. The van der Waals surface area contributed by atoms with Crippen molar-refractivity contribution in [3.05, 3.63) is 48.0 Å². The third kappa shape index (κ3) is 5.29. The minimum atomic E-state index is -4.72. The maximum absolute atomic E-state index is 12.1. The van der Waals surface area contributed by atoms with E-state index in [-0.39, 0.29) is 17.4 Å². The number of hydrogen-bond acceptors (Lipinski definition) is 5. The smallest absolute Gasteiger partial charge is 0.406 e. The van der Waals surface area contributed by atoms with Gasteiger partial charge in [-0.3, -0.25) is 4.79 Å². The van der Waals surface area contributed by atoms with E-state index in [4.69, 9.17) is 0 Å². The fraction of sp³-hybridized carbons (Fsp3) is 0.143. The predicted octanol–water partition coefficient (Wildman–Crippen LogP) is 3.70. The summed E-state index contributed by atoms with van der Waals surface area (Å²) in [5.74, 6) is -0.644. The number of hydrogen-bond donors (Lipinski definition) is 2. The highest BCUT2D eigenvalue weighted by molar-refractivity contribution is 7.14. The van der Waals surface area contributed by atoms with Gasteiger partial charge in [-0.15, -0.1) is 31.1 Å². The van der Waals surface area contributed by atoms with Crippen molar-refractivity contribution in [1.82, 2.24) is 10.3 Å². The van der Waals surface area contributed by atoms with Crippen LogP contribution in [0, 0.1) is 0 Å². The van der Waals surface area contributed by atoms with Crippen molar-refractivity contribution in [2.24, 2.45) is 0 Å². The number of anilines is 2. The van der Waals surface area contributed by atoms with Gasteiger partial charge in [0.1, 0.15) is 11.4 Å². The fourth-order valence-electron chi connectivity index (χ4n) is 1.55. The van der Waals surface area contributed by atoms with Gasteiger partial charge in [-0.25, -0.2) is 4.98 Å². The van der Waals surface area contributed by atoms with Crippen molar-refractivity contribution >= 4 is 28.1 Å². The number of nitrogens with zero attached hydrogens (tertiary/aromatic N) is 1. The predicted molar refractivity (Wildman–Crippen MR) is 81.1 cm³/mol. The number of carbonyl (C=O) groups excluding carboxylic acids is 1. The Morgan fingerprint density at radius 1 is 1.35 bits per heavy atom. The Kier molecular flexibility index (Phi) is 5.22. The summed E-state index contributed by atoms with van der Waals surface area (Å²) >= 11 is 1.20. The lowest BCUT2D eigenvalue weighted by Gasteiger charge is -2.09. The van der Waals surface area contributed by atoms with E-state index >= 15 is 0 Å². The van der Waals surface area contributed by atoms with Crippen LogP contribution in [0.4, 0.5) is 24.0 Å². The van der Waals surface area contributed by atoms with Gasteiger partial charge in [0.25, 0.3) is 5.91 Å². The maximum Gasteiger partial charge on any atom is 0.573 e. The summed E-state index contributed by atoms with van der Waals surface area (Å²) in [7, 11) is 0. The van der Waals surface area contributed by atoms with Crippen LogP contribution in [0.15, 0.2) is 42.3 Å². The average molecular weight is 343 g/mol. The highest BCUT2D eigenvalue weighted by Gasteiger charge is 2.30. The van der Waals surface area contributed by atoms with E-state index in [1.165, 1.54) is 35.6 Å². The van der Waals surface area contributed by atoms with Crippen LogP contribution in [-0.4, -0.2) is 23.8 Å². The Bertz CT molecular complexity index is 683. The molecule has 0 aliphatic heterocycles. The zero-order valence-electron chi connectivity index (χ0n) is 11.7. The number of aromatic nitrogens is 1. The molecule has 122 valence electrons. The normalized spacial score (nSPS) is 10.9. The number of rotatable bonds is 6. The molecule has 0 spiro atoms. The summed E-state index contributed by atoms with van der Waals surface area (Å²) in [6.07, 6.45) is -3.17. The van der Waals surface area contributed by atoms with Gasteiger partial charge in [-0.05, 0) is 24.3 Å². The molecule has 0 atom stereocenters. The first-order valence-electron chi connectivity index (χ1n) is 6.35. The molecule has 0 aliphatic rings. The lowest BCUT2D eigenvalue weighted by atomic mass is 10.3. The zero-order valence-corrected chi connectivity index (χ0v) is 12.5.